The minimum atomic E-state index is -3.32. The van der Waals surface area contributed by atoms with Crippen molar-refractivity contribution in [1.82, 2.24) is 0 Å². The average molecular weight is 408 g/mol. The van der Waals surface area contributed by atoms with Gasteiger partial charge in [-0.15, -0.1) is 0 Å². The van der Waals surface area contributed by atoms with E-state index in [1.54, 1.807) is 7.11 Å². The summed E-state index contributed by atoms with van der Waals surface area (Å²) in [5, 5.41) is 0. The van der Waals surface area contributed by atoms with Crippen LogP contribution in [0.2, 0.25) is 19.6 Å². The molecule has 0 amide bonds. The second kappa shape index (κ2) is 8.46. The lowest BCUT2D eigenvalue weighted by Crippen LogP contribution is -2.50. The lowest BCUT2D eigenvalue weighted by molar-refractivity contribution is 0.282. The van der Waals surface area contributed by atoms with E-state index in [1.807, 2.05) is 68.2 Å². The Labute approximate surface area is 163 Å². The molecule has 0 aliphatic heterocycles. The molecule has 0 fully saturated rings. The van der Waals surface area contributed by atoms with Crippen LogP contribution in [0.5, 0.6) is 11.5 Å². The van der Waals surface area contributed by atoms with Gasteiger partial charge in [-0.2, -0.15) is 0 Å². The van der Waals surface area contributed by atoms with Crippen molar-refractivity contribution in [3.8, 4) is 11.5 Å². The summed E-state index contributed by atoms with van der Waals surface area (Å²) < 4.78 is 36.5. The predicted molar refractivity (Wildman–Crippen MR) is 113 cm³/mol. The minimum absolute atomic E-state index is 0.388. The van der Waals surface area contributed by atoms with Crippen molar-refractivity contribution in [2.45, 2.75) is 37.2 Å². The third kappa shape index (κ3) is 5.34. The van der Waals surface area contributed by atoms with Gasteiger partial charge in [-0.3, -0.25) is 0 Å². The maximum Gasteiger partial charge on any atom is 0.165 e. The average Bonchev–Trinajstić information content (AvgIpc) is 2.57. The number of rotatable bonds is 8. The van der Waals surface area contributed by atoms with E-state index < -0.39 is 28.8 Å². The highest BCUT2D eigenvalue weighted by molar-refractivity contribution is 7.93. The number of sulfone groups is 1. The van der Waals surface area contributed by atoms with Gasteiger partial charge in [0.1, 0.15) is 16.4 Å². The van der Waals surface area contributed by atoms with E-state index in [-0.39, 0.29) is 0 Å². The zero-order chi connectivity index (χ0) is 20.2. The Balaban J connectivity index is 2.39. The van der Waals surface area contributed by atoms with Crippen molar-refractivity contribution < 1.29 is 17.9 Å². The molecule has 0 aliphatic rings. The standard InChI is InChI=1S/C20H29NO4SSi/c1-24-19-16(18(21)20(26(2,22)23)27(3,4)5)12-9-13-17(19)25-14-15-10-7-6-8-11-15/h6-13,18,20H,14,21H2,1-5H3. The quantitative estimate of drug-likeness (QED) is 0.677. The molecular formula is C20H29NO4SSi. The number of para-hydroxylation sites is 1. The first kappa shape index (κ1) is 21.5. The third-order valence-electron chi connectivity index (χ3n) is 4.45. The van der Waals surface area contributed by atoms with Crippen LogP contribution in [0.3, 0.4) is 0 Å². The summed E-state index contributed by atoms with van der Waals surface area (Å²) in [4.78, 5) is -0.622. The van der Waals surface area contributed by atoms with Crippen LogP contribution in [0, 0.1) is 0 Å². The molecule has 5 nitrogen and oxygen atoms in total. The van der Waals surface area contributed by atoms with Gasteiger partial charge in [0.2, 0.25) is 0 Å². The molecule has 2 N–H and O–H groups in total. The molecular weight excluding hydrogens is 378 g/mol. The van der Waals surface area contributed by atoms with Crippen molar-refractivity contribution in [2.24, 2.45) is 5.73 Å². The molecule has 0 heterocycles. The van der Waals surface area contributed by atoms with Crippen molar-refractivity contribution in [2.75, 3.05) is 13.4 Å². The molecule has 0 saturated carbocycles. The molecule has 0 aromatic heterocycles. The number of ether oxygens (including phenoxy) is 2. The van der Waals surface area contributed by atoms with Crippen LogP contribution in [0.15, 0.2) is 48.5 Å². The summed E-state index contributed by atoms with van der Waals surface area (Å²) in [6.45, 7) is 6.43. The molecule has 7 heteroatoms. The molecule has 2 aromatic carbocycles. The van der Waals surface area contributed by atoms with E-state index in [2.05, 4.69) is 0 Å². The van der Waals surface area contributed by atoms with Crippen molar-refractivity contribution >= 4 is 17.9 Å². The number of methoxy groups -OCH3 is 1. The maximum atomic E-state index is 12.5. The van der Waals surface area contributed by atoms with E-state index in [4.69, 9.17) is 15.2 Å². The first-order valence-electron chi connectivity index (χ1n) is 8.83. The van der Waals surface area contributed by atoms with Crippen LogP contribution in [-0.4, -0.2) is 34.7 Å². The monoisotopic (exact) mass is 407 g/mol. The van der Waals surface area contributed by atoms with Gasteiger partial charge >= 0.3 is 0 Å². The molecule has 27 heavy (non-hydrogen) atoms. The van der Waals surface area contributed by atoms with Crippen molar-refractivity contribution in [1.29, 1.82) is 0 Å². The van der Waals surface area contributed by atoms with Gasteiger partial charge in [0, 0.05) is 17.9 Å². The van der Waals surface area contributed by atoms with E-state index in [9.17, 15) is 8.42 Å². The second-order valence-corrected chi connectivity index (χ2v) is 15.7. The van der Waals surface area contributed by atoms with Crippen LogP contribution in [0.4, 0.5) is 0 Å². The van der Waals surface area contributed by atoms with Gasteiger partial charge < -0.3 is 15.2 Å². The predicted octanol–water partition coefficient (Wildman–Crippen LogP) is 3.56. The third-order valence-corrected chi connectivity index (χ3v) is 11.1. The zero-order valence-electron chi connectivity index (χ0n) is 16.6. The number of hydrogen-bond acceptors (Lipinski definition) is 5. The van der Waals surface area contributed by atoms with Crippen molar-refractivity contribution in [3.63, 3.8) is 0 Å². The van der Waals surface area contributed by atoms with Crippen LogP contribution < -0.4 is 15.2 Å². The lowest BCUT2D eigenvalue weighted by atomic mass is 10.1. The molecule has 0 radical (unpaired) electrons. The Bertz CT molecular complexity index is 863. The van der Waals surface area contributed by atoms with Gasteiger partial charge in [0.05, 0.1) is 20.1 Å². The highest BCUT2D eigenvalue weighted by atomic mass is 32.2. The molecule has 2 aromatic rings. The molecule has 0 aliphatic carbocycles. The zero-order valence-corrected chi connectivity index (χ0v) is 18.4. The fourth-order valence-electron chi connectivity index (χ4n) is 3.47. The van der Waals surface area contributed by atoms with E-state index in [0.29, 0.717) is 23.7 Å². The molecule has 148 valence electrons. The first-order valence-corrected chi connectivity index (χ1v) is 14.4. The largest absolute Gasteiger partial charge is 0.493 e. The van der Waals surface area contributed by atoms with E-state index in [0.717, 1.165) is 5.56 Å². The molecule has 0 saturated heterocycles. The van der Waals surface area contributed by atoms with Gasteiger partial charge in [0.25, 0.3) is 0 Å². The summed E-state index contributed by atoms with van der Waals surface area (Å²) in [6, 6.07) is 14.6. The summed E-state index contributed by atoms with van der Waals surface area (Å²) in [5.41, 5.74) is 8.17. The first-order chi connectivity index (χ1) is 12.6. The van der Waals surface area contributed by atoms with Crippen LogP contribution in [-0.2, 0) is 16.4 Å². The lowest BCUT2D eigenvalue weighted by Gasteiger charge is -2.33. The van der Waals surface area contributed by atoms with Gasteiger partial charge in [-0.1, -0.05) is 62.1 Å². The van der Waals surface area contributed by atoms with E-state index >= 15 is 0 Å². The topological polar surface area (TPSA) is 78.6 Å². The number of hydrogen-bond donors (Lipinski definition) is 1. The summed E-state index contributed by atoms with van der Waals surface area (Å²) >= 11 is 0. The molecule has 2 rings (SSSR count). The molecule has 0 bridgehead atoms. The fourth-order valence-corrected chi connectivity index (χ4v) is 10.5. The molecule has 0 spiro atoms. The fraction of sp³-hybridized carbons (Fsp3) is 0.400. The Hall–Kier alpha value is -1.83. The Morgan fingerprint density at radius 1 is 1.04 bits per heavy atom. The highest BCUT2D eigenvalue weighted by Crippen LogP contribution is 2.38. The normalized spacial score (nSPS) is 14.4. The summed E-state index contributed by atoms with van der Waals surface area (Å²) in [5.74, 6) is 1.05. The Morgan fingerprint density at radius 2 is 1.67 bits per heavy atom. The SMILES string of the molecule is COc1c(OCc2ccccc2)cccc1C(N)C([Si](C)(C)C)S(C)(=O)=O. The highest BCUT2D eigenvalue weighted by Gasteiger charge is 2.41. The molecule has 2 unspecified atom stereocenters. The van der Waals surface area contributed by atoms with Gasteiger partial charge in [-0.25, -0.2) is 8.42 Å². The van der Waals surface area contributed by atoms with Gasteiger partial charge in [-0.05, 0) is 11.6 Å². The maximum absolute atomic E-state index is 12.5. The Kier molecular flexibility index (Phi) is 6.72. The van der Waals surface area contributed by atoms with Crippen LogP contribution in [0.1, 0.15) is 17.2 Å². The molecule has 2 atom stereocenters. The van der Waals surface area contributed by atoms with Crippen molar-refractivity contribution in [3.05, 3.63) is 59.7 Å². The number of benzene rings is 2. The van der Waals surface area contributed by atoms with Crippen LogP contribution >= 0.6 is 0 Å². The smallest absolute Gasteiger partial charge is 0.165 e. The van der Waals surface area contributed by atoms with Crippen LogP contribution in [0.25, 0.3) is 0 Å². The summed E-state index contributed by atoms with van der Waals surface area (Å²) in [7, 11) is -3.88. The number of nitrogens with two attached hydrogens (primary N) is 1. The summed E-state index contributed by atoms with van der Waals surface area (Å²) in [6.07, 6.45) is 1.26. The van der Waals surface area contributed by atoms with Gasteiger partial charge in [0.15, 0.2) is 11.5 Å². The minimum Gasteiger partial charge on any atom is -0.493 e. The van der Waals surface area contributed by atoms with E-state index in [1.165, 1.54) is 6.26 Å². The Morgan fingerprint density at radius 3 is 2.19 bits per heavy atom. The second-order valence-electron chi connectivity index (χ2n) is 7.79.